The molecule has 0 spiro atoms. The minimum absolute atomic E-state index is 0.122. The standard InChI is InChI=1S/C12H13F4NO/c13-8-5-9(14)11(16)12(10(8)15)17-6-7-3-1-2-4-18-7/h5,7,17H,1-4,6H2. The lowest BCUT2D eigenvalue weighted by Gasteiger charge is -2.23. The van der Waals surface area contributed by atoms with Gasteiger partial charge >= 0.3 is 0 Å². The van der Waals surface area contributed by atoms with Gasteiger partial charge in [-0.2, -0.15) is 0 Å². The monoisotopic (exact) mass is 263 g/mol. The van der Waals surface area contributed by atoms with Crippen molar-refractivity contribution in [2.75, 3.05) is 18.5 Å². The molecule has 1 unspecified atom stereocenters. The van der Waals surface area contributed by atoms with Crippen molar-refractivity contribution < 1.29 is 22.3 Å². The SMILES string of the molecule is Fc1cc(F)c(F)c(NCC2CCCCO2)c1F. The van der Waals surface area contributed by atoms with Crippen LogP contribution in [0.25, 0.3) is 0 Å². The number of anilines is 1. The number of ether oxygens (including phenoxy) is 1. The first-order valence-electron chi connectivity index (χ1n) is 5.78. The van der Waals surface area contributed by atoms with E-state index in [4.69, 9.17) is 4.74 Å². The highest BCUT2D eigenvalue weighted by Crippen LogP contribution is 2.24. The fraction of sp³-hybridized carbons (Fsp3) is 0.500. The van der Waals surface area contributed by atoms with E-state index in [9.17, 15) is 17.6 Å². The predicted octanol–water partition coefficient (Wildman–Crippen LogP) is 3.22. The maximum absolute atomic E-state index is 13.3. The first-order valence-corrected chi connectivity index (χ1v) is 5.78. The number of halogens is 4. The zero-order valence-electron chi connectivity index (χ0n) is 9.61. The van der Waals surface area contributed by atoms with Gasteiger partial charge in [-0.05, 0) is 19.3 Å². The molecule has 1 aromatic rings. The van der Waals surface area contributed by atoms with E-state index in [1.165, 1.54) is 0 Å². The number of nitrogens with one attached hydrogen (secondary N) is 1. The fourth-order valence-corrected chi connectivity index (χ4v) is 1.91. The van der Waals surface area contributed by atoms with Crippen LogP contribution >= 0.6 is 0 Å². The molecule has 18 heavy (non-hydrogen) atoms. The molecule has 100 valence electrons. The van der Waals surface area contributed by atoms with Crippen molar-refractivity contribution in [3.8, 4) is 0 Å². The maximum Gasteiger partial charge on any atom is 0.185 e. The van der Waals surface area contributed by atoms with Crippen LogP contribution < -0.4 is 5.32 Å². The quantitative estimate of drug-likeness (QED) is 0.667. The molecule has 2 nitrogen and oxygen atoms in total. The van der Waals surface area contributed by atoms with E-state index in [1.54, 1.807) is 0 Å². The molecule has 0 amide bonds. The molecule has 0 aromatic heterocycles. The summed E-state index contributed by atoms with van der Waals surface area (Å²) in [6, 6.07) is 0.187. The van der Waals surface area contributed by atoms with Gasteiger partial charge in [0.05, 0.1) is 6.10 Å². The van der Waals surface area contributed by atoms with Crippen LogP contribution in [0, 0.1) is 23.3 Å². The molecule has 0 saturated carbocycles. The zero-order valence-corrected chi connectivity index (χ0v) is 9.61. The van der Waals surface area contributed by atoms with Crippen LogP contribution in [0.15, 0.2) is 6.07 Å². The minimum Gasteiger partial charge on any atom is -0.378 e. The van der Waals surface area contributed by atoms with E-state index < -0.39 is 29.0 Å². The van der Waals surface area contributed by atoms with Crippen molar-refractivity contribution in [3.63, 3.8) is 0 Å². The predicted molar refractivity (Wildman–Crippen MR) is 58.4 cm³/mol. The van der Waals surface area contributed by atoms with Crippen LogP contribution in [-0.2, 0) is 4.74 Å². The van der Waals surface area contributed by atoms with Gasteiger partial charge in [0.1, 0.15) is 5.69 Å². The first kappa shape index (κ1) is 13.1. The lowest BCUT2D eigenvalue weighted by molar-refractivity contribution is 0.0247. The van der Waals surface area contributed by atoms with E-state index >= 15 is 0 Å². The van der Waals surface area contributed by atoms with Crippen LogP contribution in [0.4, 0.5) is 23.2 Å². The van der Waals surface area contributed by atoms with Crippen LogP contribution in [-0.4, -0.2) is 19.3 Å². The van der Waals surface area contributed by atoms with Crippen molar-refractivity contribution in [1.29, 1.82) is 0 Å². The molecule has 2 rings (SSSR count). The van der Waals surface area contributed by atoms with Gasteiger partial charge in [0.2, 0.25) is 0 Å². The largest absolute Gasteiger partial charge is 0.378 e. The molecule has 1 aliphatic heterocycles. The third kappa shape index (κ3) is 2.75. The zero-order chi connectivity index (χ0) is 13.1. The molecule has 1 fully saturated rings. The second-order valence-electron chi connectivity index (χ2n) is 4.21. The van der Waals surface area contributed by atoms with Gasteiger partial charge in [0.25, 0.3) is 0 Å². The Labute approximate surface area is 102 Å². The van der Waals surface area contributed by atoms with Crippen molar-refractivity contribution >= 4 is 5.69 Å². The molecule has 1 aromatic carbocycles. The van der Waals surface area contributed by atoms with Crippen LogP contribution in [0.2, 0.25) is 0 Å². The maximum atomic E-state index is 13.3. The molecule has 1 heterocycles. The average molecular weight is 263 g/mol. The second kappa shape index (κ2) is 5.56. The molecule has 1 atom stereocenters. The van der Waals surface area contributed by atoms with Crippen LogP contribution in [0.5, 0.6) is 0 Å². The van der Waals surface area contributed by atoms with Gasteiger partial charge in [0.15, 0.2) is 23.3 Å². The Morgan fingerprint density at radius 2 is 1.78 bits per heavy atom. The Morgan fingerprint density at radius 3 is 2.33 bits per heavy atom. The summed E-state index contributed by atoms with van der Waals surface area (Å²) < 4.78 is 57.8. The molecular formula is C12H13F4NO. The van der Waals surface area contributed by atoms with Gasteiger partial charge in [0, 0.05) is 19.2 Å². The second-order valence-corrected chi connectivity index (χ2v) is 4.21. The smallest absolute Gasteiger partial charge is 0.185 e. The molecule has 1 aliphatic rings. The summed E-state index contributed by atoms with van der Waals surface area (Å²) in [4.78, 5) is 0. The minimum atomic E-state index is -1.42. The lowest BCUT2D eigenvalue weighted by Crippen LogP contribution is -2.27. The number of hydrogen-bond donors (Lipinski definition) is 1. The van der Waals surface area contributed by atoms with Gasteiger partial charge in [-0.15, -0.1) is 0 Å². The Bertz CT molecular complexity index is 406. The van der Waals surface area contributed by atoms with Gasteiger partial charge < -0.3 is 10.1 Å². The number of rotatable bonds is 3. The lowest BCUT2D eigenvalue weighted by atomic mass is 10.1. The summed E-state index contributed by atoms with van der Waals surface area (Å²) in [5.41, 5.74) is -0.776. The summed E-state index contributed by atoms with van der Waals surface area (Å²) in [5.74, 6) is -5.66. The summed E-state index contributed by atoms with van der Waals surface area (Å²) in [7, 11) is 0. The Morgan fingerprint density at radius 1 is 1.11 bits per heavy atom. The third-order valence-electron chi connectivity index (χ3n) is 2.89. The summed E-state index contributed by atoms with van der Waals surface area (Å²) in [5, 5.41) is 2.38. The van der Waals surface area contributed by atoms with Crippen molar-refractivity contribution in [2.24, 2.45) is 0 Å². The van der Waals surface area contributed by atoms with Crippen molar-refractivity contribution in [1.82, 2.24) is 0 Å². The third-order valence-corrected chi connectivity index (χ3v) is 2.89. The molecule has 0 radical (unpaired) electrons. The van der Waals surface area contributed by atoms with E-state index in [1.807, 2.05) is 0 Å². The molecule has 0 aliphatic carbocycles. The van der Waals surface area contributed by atoms with E-state index in [0.717, 1.165) is 19.3 Å². The topological polar surface area (TPSA) is 21.3 Å². The number of benzene rings is 1. The highest BCUT2D eigenvalue weighted by Gasteiger charge is 2.20. The van der Waals surface area contributed by atoms with Crippen LogP contribution in [0.3, 0.4) is 0 Å². The Balaban J connectivity index is 2.08. The molecular weight excluding hydrogens is 250 g/mol. The summed E-state index contributed by atoms with van der Waals surface area (Å²) >= 11 is 0. The number of hydrogen-bond acceptors (Lipinski definition) is 2. The summed E-state index contributed by atoms with van der Waals surface area (Å²) in [6.07, 6.45) is 2.49. The fourth-order valence-electron chi connectivity index (χ4n) is 1.91. The molecule has 6 heteroatoms. The average Bonchev–Trinajstić information content (AvgIpc) is 2.38. The Hall–Kier alpha value is -1.30. The van der Waals surface area contributed by atoms with Crippen molar-refractivity contribution in [3.05, 3.63) is 29.3 Å². The highest BCUT2D eigenvalue weighted by atomic mass is 19.2. The normalized spacial score (nSPS) is 19.9. The first-order chi connectivity index (χ1) is 8.59. The van der Waals surface area contributed by atoms with E-state index in [0.29, 0.717) is 6.61 Å². The molecule has 1 N–H and O–H groups in total. The highest BCUT2D eigenvalue weighted by molar-refractivity contribution is 5.47. The summed E-state index contributed by atoms with van der Waals surface area (Å²) in [6.45, 7) is 0.714. The van der Waals surface area contributed by atoms with Gasteiger partial charge in [-0.25, -0.2) is 17.6 Å². The van der Waals surface area contributed by atoms with Gasteiger partial charge in [-0.3, -0.25) is 0 Å². The van der Waals surface area contributed by atoms with Crippen LogP contribution in [0.1, 0.15) is 19.3 Å². The van der Waals surface area contributed by atoms with E-state index in [-0.39, 0.29) is 18.7 Å². The van der Waals surface area contributed by atoms with Gasteiger partial charge in [-0.1, -0.05) is 0 Å². The van der Waals surface area contributed by atoms with Crippen molar-refractivity contribution in [2.45, 2.75) is 25.4 Å². The molecule has 1 saturated heterocycles. The van der Waals surface area contributed by atoms with E-state index in [2.05, 4.69) is 5.32 Å². The Kier molecular flexibility index (Phi) is 4.06. The molecule has 0 bridgehead atoms.